The first-order valence-electron chi connectivity index (χ1n) is 16.3. The molecule has 0 unspecified atom stereocenters. The minimum atomic E-state index is -0.889. The molecule has 0 aliphatic carbocycles. The quantitative estimate of drug-likeness (QED) is 0.128. The van der Waals surface area contributed by atoms with E-state index in [1.807, 2.05) is 54.6 Å². The highest BCUT2D eigenvalue weighted by molar-refractivity contribution is 6.39. The van der Waals surface area contributed by atoms with Crippen LogP contribution in [0.25, 0.3) is 39.2 Å². The molecule has 2 aromatic carbocycles. The van der Waals surface area contributed by atoms with Gasteiger partial charge in [-0.2, -0.15) is 0 Å². The third-order valence-corrected chi connectivity index (χ3v) is 9.60. The Morgan fingerprint density at radius 2 is 1.73 bits per heavy atom. The molecule has 2 atom stereocenters. The molecule has 1 saturated heterocycles. The maximum Gasteiger partial charge on any atom is 0.325 e. The smallest absolute Gasteiger partial charge is 0.325 e. The predicted molar refractivity (Wildman–Crippen MR) is 195 cm³/mol. The highest BCUT2D eigenvalue weighted by Gasteiger charge is 2.22. The van der Waals surface area contributed by atoms with Gasteiger partial charge in [0, 0.05) is 77.9 Å². The van der Waals surface area contributed by atoms with Gasteiger partial charge in [-0.15, -0.1) is 0 Å². The normalized spacial score (nSPS) is 14.8. The summed E-state index contributed by atoms with van der Waals surface area (Å²) in [6.45, 7) is 0.693. The molecule has 5 aromatic rings. The minimum absolute atomic E-state index is 0.0516. The summed E-state index contributed by atoms with van der Waals surface area (Å²) in [6, 6.07) is 17.7. The first kappa shape index (κ1) is 36.0. The van der Waals surface area contributed by atoms with Crippen molar-refractivity contribution in [2.24, 2.45) is 0 Å². The van der Waals surface area contributed by atoms with Crippen molar-refractivity contribution in [3.8, 4) is 39.4 Å². The maximum atomic E-state index is 13.2. The van der Waals surface area contributed by atoms with E-state index >= 15 is 0 Å². The number of carbonyl (C=O) groups excluding carboxylic acids is 2. The van der Waals surface area contributed by atoms with Gasteiger partial charge in [0.2, 0.25) is 11.8 Å². The summed E-state index contributed by atoms with van der Waals surface area (Å²) in [5.74, 6) is -0.197. The van der Waals surface area contributed by atoms with Crippen LogP contribution in [0.4, 0.5) is 0 Å². The number of esters is 1. The first-order chi connectivity index (χ1) is 24.7. The molecule has 12 nitrogen and oxygen atoms in total. The summed E-state index contributed by atoms with van der Waals surface area (Å²) in [4.78, 5) is 45.8. The van der Waals surface area contributed by atoms with Gasteiger partial charge in [0.1, 0.15) is 11.7 Å². The summed E-state index contributed by atoms with van der Waals surface area (Å²) >= 11 is 14.1. The molecule has 6 rings (SSSR count). The molecule has 3 aromatic heterocycles. The maximum absolute atomic E-state index is 13.2. The first-order valence-corrected chi connectivity index (χ1v) is 17.0. The summed E-state index contributed by atoms with van der Waals surface area (Å²) < 4.78 is 11.8. The lowest BCUT2D eigenvalue weighted by Crippen LogP contribution is -2.40. The van der Waals surface area contributed by atoms with Crippen molar-refractivity contribution >= 4 is 40.7 Å². The number of aliphatic hydroxyl groups excluding tert-OH is 1. The number of ether oxygens (including phenoxy) is 2. The molecule has 4 N–H and O–H groups in total. The Balaban J connectivity index is 1.24. The van der Waals surface area contributed by atoms with Gasteiger partial charge < -0.3 is 25.2 Å². The summed E-state index contributed by atoms with van der Waals surface area (Å²) in [5.41, 5.74) is 5.61. The fourth-order valence-electron chi connectivity index (χ4n) is 6.04. The Bertz CT molecular complexity index is 2160. The van der Waals surface area contributed by atoms with Gasteiger partial charge in [-0.3, -0.25) is 24.1 Å². The second-order valence-electron chi connectivity index (χ2n) is 12.0. The molecule has 14 heteroatoms. The van der Waals surface area contributed by atoms with Crippen molar-refractivity contribution in [1.29, 1.82) is 0 Å². The van der Waals surface area contributed by atoms with Crippen LogP contribution in [0.15, 0.2) is 77.9 Å². The standard InChI is InChI=1S/C37H36Cl2N6O6/c1-50-35-22(17-41-30(20-46)37(49)51-2)9-11-29(44-35)28-8-4-7-27(34(28)39)26-6-3-5-25(33(26)38)21-13-14-45-31(15-21)42-18-23(36(45)48)16-40-19-24-10-12-32(47)43-24/h3-9,11,13-15,18,24,30,40-41,46H,10,12,16-17,19-20H2,1-2H3,(H,43,47)/t24-,30-/m0/s1. The molecule has 1 aliphatic heterocycles. The van der Waals surface area contributed by atoms with Gasteiger partial charge in [-0.1, -0.05) is 65.7 Å². The number of carbonyl (C=O) groups is 2. The van der Waals surface area contributed by atoms with Crippen LogP contribution >= 0.6 is 23.2 Å². The summed E-state index contributed by atoms with van der Waals surface area (Å²) in [5, 5.41) is 19.6. The van der Waals surface area contributed by atoms with Crippen LogP contribution in [0.2, 0.25) is 10.0 Å². The number of benzene rings is 2. The number of rotatable bonds is 13. The number of pyridine rings is 2. The molecular formula is C37H36Cl2N6O6. The van der Waals surface area contributed by atoms with Crippen molar-refractivity contribution in [3.63, 3.8) is 0 Å². The lowest BCUT2D eigenvalue weighted by atomic mass is 9.97. The predicted octanol–water partition coefficient (Wildman–Crippen LogP) is 4.40. The average molecular weight is 732 g/mol. The van der Waals surface area contributed by atoms with E-state index in [-0.39, 0.29) is 24.1 Å². The number of aliphatic hydroxyl groups is 1. The van der Waals surface area contributed by atoms with Gasteiger partial charge in [-0.25, -0.2) is 9.97 Å². The highest BCUT2D eigenvalue weighted by Crippen LogP contribution is 2.42. The molecule has 1 aliphatic rings. The SMILES string of the molecule is COC(=O)[C@H](CO)NCc1ccc(-c2cccc(-c3cccc(-c4ccn5c(=O)c(CNC[C@@H]6CCC(=O)N6)cnc5c4)c3Cl)c2Cl)nc1OC. The van der Waals surface area contributed by atoms with Crippen LogP contribution in [0.5, 0.6) is 5.88 Å². The summed E-state index contributed by atoms with van der Waals surface area (Å²) in [7, 11) is 2.76. The molecule has 1 amide bonds. The van der Waals surface area contributed by atoms with Crippen molar-refractivity contribution in [2.75, 3.05) is 27.4 Å². The number of hydrogen-bond donors (Lipinski definition) is 4. The van der Waals surface area contributed by atoms with Gasteiger partial charge in [0.15, 0.2) is 0 Å². The Kier molecular flexibility index (Phi) is 11.3. The molecule has 264 valence electrons. The van der Waals surface area contributed by atoms with Crippen LogP contribution in [0, 0.1) is 0 Å². The minimum Gasteiger partial charge on any atom is -0.481 e. The van der Waals surface area contributed by atoms with Crippen molar-refractivity contribution in [2.45, 2.75) is 38.0 Å². The van der Waals surface area contributed by atoms with Crippen molar-refractivity contribution in [3.05, 3.63) is 105 Å². The van der Waals surface area contributed by atoms with Crippen LogP contribution < -0.4 is 26.2 Å². The zero-order valence-electron chi connectivity index (χ0n) is 27.9. The van der Waals surface area contributed by atoms with Crippen molar-refractivity contribution in [1.82, 2.24) is 30.3 Å². The Morgan fingerprint density at radius 1 is 1.00 bits per heavy atom. The third-order valence-electron chi connectivity index (χ3n) is 8.79. The second-order valence-corrected chi connectivity index (χ2v) is 12.8. The van der Waals surface area contributed by atoms with E-state index in [2.05, 4.69) is 25.9 Å². The van der Waals surface area contributed by atoms with Gasteiger partial charge >= 0.3 is 5.97 Å². The van der Waals surface area contributed by atoms with Gasteiger partial charge in [-0.05, 0) is 30.2 Å². The van der Waals surface area contributed by atoms with Gasteiger partial charge in [0.05, 0.1) is 36.6 Å². The van der Waals surface area contributed by atoms with Crippen LogP contribution in [-0.4, -0.2) is 70.8 Å². The van der Waals surface area contributed by atoms with E-state index < -0.39 is 18.6 Å². The van der Waals surface area contributed by atoms with Crippen LogP contribution in [0.1, 0.15) is 24.0 Å². The average Bonchev–Trinajstić information content (AvgIpc) is 3.57. The molecular weight excluding hydrogens is 695 g/mol. The fourth-order valence-corrected chi connectivity index (χ4v) is 6.70. The Labute approximate surface area is 303 Å². The second kappa shape index (κ2) is 16.0. The number of hydrogen-bond acceptors (Lipinski definition) is 10. The fraction of sp³-hybridized carbons (Fsp3) is 0.270. The lowest BCUT2D eigenvalue weighted by molar-refractivity contribution is -0.144. The Hall–Kier alpha value is -4.85. The monoisotopic (exact) mass is 730 g/mol. The number of halogens is 2. The van der Waals surface area contributed by atoms with E-state index in [1.165, 1.54) is 18.6 Å². The number of methoxy groups -OCH3 is 2. The summed E-state index contributed by atoms with van der Waals surface area (Å²) in [6.07, 6.45) is 4.57. The Morgan fingerprint density at radius 3 is 2.41 bits per heavy atom. The molecule has 0 saturated carbocycles. The largest absolute Gasteiger partial charge is 0.481 e. The molecule has 0 radical (unpaired) electrons. The number of nitrogens with one attached hydrogen (secondary N) is 3. The van der Waals surface area contributed by atoms with Crippen LogP contribution in [-0.2, 0) is 27.4 Å². The van der Waals surface area contributed by atoms with Gasteiger partial charge in [0.25, 0.3) is 5.56 Å². The number of aromatic nitrogens is 3. The molecule has 4 heterocycles. The van der Waals surface area contributed by atoms with E-state index in [0.717, 1.165) is 17.5 Å². The van der Waals surface area contributed by atoms with E-state index in [0.29, 0.717) is 74.6 Å². The number of amides is 1. The molecule has 0 bridgehead atoms. The molecule has 1 fully saturated rings. The molecule has 51 heavy (non-hydrogen) atoms. The number of nitrogens with zero attached hydrogens (tertiary/aromatic N) is 3. The van der Waals surface area contributed by atoms with Crippen LogP contribution in [0.3, 0.4) is 0 Å². The van der Waals surface area contributed by atoms with Crippen molar-refractivity contribution < 1.29 is 24.2 Å². The highest BCUT2D eigenvalue weighted by atomic mass is 35.5. The third kappa shape index (κ3) is 7.75. The molecule has 0 spiro atoms. The zero-order valence-corrected chi connectivity index (χ0v) is 29.4. The number of fused-ring (bicyclic) bond motifs is 1. The van der Waals surface area contributed by atoms with E-state index in [4.69, 9.17) is 32.7 Å². The van der Waals surface area contributed by atoms with E-state index in [9.17, 15) is 19.5 Å². The lowest BCUT2D eigenvalue weighted by Gasteiger charge is -2.16. The van der Waals surface area contributed by atoms with E-state index in [1.54, 1.807) is 18.5 Å². The topological polar surface area (TPSA) is 156 Å². The zero-order chi connectivity index (χ0) is 36.1.